The Hall–Kier alpha value is -3.68. The minimum Gasteiger partial charge on any atom is -0.432 e. The Labute approximate surface area is 223 Å². The van der Waals surface area contributed by atoms with Gasteiger partial charge in [-0.2, -0.15) is 0 Å². The molecule has 1 saturated heterocycles. The number of imide groups is 1. The largest absolute Gasteiger partial charge is 0.432 e. The zero-order valence-corrected chi connectivity index (χ0v) is 22.1. The highest BCUT2D eigenvalue weighted by Crippen LogP contribution is 2.43. The molecule has 0 radical (unpaired) electrons. The van der Waals surface area contributed by atoms with Crippen LogP contribution in [0, 0.1) is 5.41 Å². The lowest BCUT2D eigenvalue weighted by atomic mass is 9.88. The van der Waals surface area contributed by atoms with Crippen LogP contribution in [-0.2, 0) is 4.79 Å². The van der Waals surface area contributed by atoms with Crippen molar-refractivity contribution in [1.29, 1.82) is 0 Å². The third-order valence-electron chi connectivity index (χ3n) is 6.28. The van der Waals surface area contributed by atoms with E-state index in [0.29, 0.717) is 32.3 Å². The van der Waals surface area contributed by atoms with Gasteiger partial charge in [0, 0.05) is 33.6 Å². The molecular formula is C28H23Cl2N3O4. The number of pyridine rings is 1. The first-order valence-electron chi connectivity index (χ1n) is 11.6. The first kappa shape index (κ1) is 25.0. The Balaban J connectivity index is 1.86. The highest BCUT2D eigenvalue weighted by Gasteiger charge is 2.41. The number of nitrogens with zero attached hydrogens (tertiary/aromatic N) is 3. The van der Waals surface area contributed by atoms with Crippen LogP contribution < -0.4 is 4.90 Å². The fourth-order valence-electron chi connectivity index (χ4n) is 4.25. The number of likely N-dealkylation sites (N-methyl/N-ethyl adjacent to an activating group) is 1. The zero-order chi connectivity index (χ0) is 26.6. The molecule has 2 aromatic heterocycles. The van der Waals surface area contributed by atoms with Crippen LogP contribution in [0.4, 0.5) is 10.5 Å². The molecule has 1 fully saturated rings. The van der Waals surface area contributed by atoms with Crippen molar-refractivity contribution in [1.82, 2.24) is 9.88 Å². The summed E-state index contributed by atoms with van der Waals surface area (Å²) in [5.41, 5.74) is 2.27. The molecule has 1 aliphatic rings. The summed E-state index contributed by atoms with van der Waals surface area (Å²) in [7, 11) is 1.41. The number of urea groups is 1. The first-order chi connectivity index (χ1) is 17.5. The summed E-state index contributed by atoms with van der Waals surface area (Å²) >= 11 is 12.7. The second-order valence-corrected chi connectivity index (χ2v) is 10.7. The van der Waals surface area contributed by atoms with Gasteiger partial charge >= 0.3 is 6.03 Å². The minimum absolute atomic E-state index is 0.0233. The summed E-state index contributed by atoms with van der Waals surface area (Å²) in [6, 6.07) is 15.8. The van der Waals surface area contributed by atoms with Gasteiger partial charge in [0.2, 0.25) is 17.4 Å². The Morgan fingerprint density at radius 2 is 1.68 bits per heavy atom. The molecule has 0 bridgehead atoms. The standard InChI is InChI=1S/C28H23Cl2N3O4/c1-28(2,3)25(35)24-23(33-14-21(34)32(4)27(33)36)19-13-18(15-9-11-16(29)12-10-15)22(31-26(19)37-24)17-7-5-6-8-20(17)30/h5-13H,14H2,1-4H3. The Bertz CT molecular complexity index is 1590. The molecule has 3 amide bonds. The lowest BCUT2D eigenvalue weighted by Crippen LogP contribution is -2.31. The lowest BCUT2D eigenvalue weighted by Gasteiger charge is -2.19. The Kier molecular flexibility index (Phi) is 6.09. The number of benzene rings is 2. The molecule has 7 nitrogen and oxygen atoms in total. The van der Waals surface area contributed by atoms with Crippen molar-refractivity contribution in [2.24, 2.45) is 5.41 Å². The van der Waals surface area contributed by atoms with Crippen LogP contribution in [0.3, 0.4) is 0 Å². The van der Waals surface area contributed by atoms with Crippen molar-refractivity contribution in [3.05, 3.63) is 70.4 Å². The third-order valence-corrected chi connectivity index (χ3v) is 6.86. The maximum absolute atomic E-state index is 13.5. The number of rotatable bonds is 4. The summed E-state index contributed by atoms with van der Waals surface area (Å²) in [6.45, 7) is 5.07. The molecule has 0 aliphatic carbocycles. The van der Waals surface area contributed by atoms with E-state index >= 15 is 0 Å². The van der Waals surface area contributed by atoms with Gasteiger partial charge < -0.3 is 4.42 Å². The number of fused-ring (bicyclic) bond motifs is 1. The van der Waals surface area contributed by atoms with E-state index in [-0.39, 0.29) is 35.4 Å². The topological polar surface area (TPSA) is 83.7 Å². The number of hydrogen-bond acceptors (Lipinski definition) is 5. The number of hydrogen-bond donors (Lipinski definition) is 0. The molecule has 4 aromatic rings. The molecule has 37 heavy (non-hydrogen) atoms. The summed E-state index contributed by atoms with van der Waals surface area (Å²) < 4.78 is 6.08. The summed E-state index contributed by atoms with van der Waals surface area (Å²) in [5, 5.41) is 1.50. The Morgan fingerprint density at radius 1 is 1.00 bits per heavy atom. The van der Waals surface area contributed by atoms with Crippen molar-refractivity contribution < 1.29 is 18.8 Å². The van der Waals surface area contributed by atoms with Gasteiger partial charge in [-0.05, 0) is 29.8 Å². The molecule has 0 saturated carbocycles. The number of carbonyl (C=O) groups is 3. The number of aromatic nitrogens is 1. The fourth-order valence-corrected chi connectivity index (χ4v) is 4.60. The molecule has 0 unspecified atom stereocenters. The molecule has 5 rings (SSSR count). The van der Waals surface area contributed by atoms with Crippen molar-refractivity contribution >= 4 is 57.7 Å². The van der Waals surface area contributed by atoms with Crippen molar-refractivity contribution in [2.75, 3.05) is 18.5 Å². The van der Waals surface area contributed by atoms with Crippen LogP contribution in [0.1, 0.15) is 31.3 Å². The van der Waals surface area contributed by atoms with Crippen LogP contribution in [0.25, 0.3) is 33.5 Å². The lowest BCUT2D eigenvalue weighted by molar-refractivity contribution is -0.123. The second kappa shape index (κ2) is 9.01. The van der Waals surface area contributed by atoms with Gasteiger partial charge in [-0.1, -0.05) is 74.3 Å². The van der Waals surface area contributed by atoms with E-state index in [1.807, 2.05) is 36.4 Å². The van der Waals surface area contributed by atoms with E-state index in [2.05, 4.69) is 0 Å². The zero-order valence-electron chi connectivity index (χ0n) is 20.6. The smallest absolute Gasteiger partial charge is 0.331 e. The maximum Gasteiger partial charge on any atom is 0.331 e. The molecule has 0 N–H and O–H groups in total. The number of ketones is 1. The predicted octanol–water partition coefficient (Wildman–Crippen LogP) is 7.10. The van der Waals surface area contributed by atoms with Gasteiger partial charge in [0.1, 0.15) is 12.2 Å². The number of anilines is 1. The van der Waals surface area contributed by atoms with Crippen molar-refractivity contribution in [2.45, 2.75) is 20.8 Å². The summed E-state index contributed by atoms with van der Waals surface area (Å²) in [6.07, 6.45) is 0. The highest BCUT2D eigenvalue weighted by atomic mass is 35.5. The SMILES string of the molecule is CN1C(=O)CN(c2c(C(=O)C(C)(C)C)oc3nc(-c4ccccc4Cl)c(-c4ccc(Cl)cc4)cc23)C1=O. The fraction of sp³-hybridized carbons (Fsp3) is 0.214. The number of furan rings is 1. The highest BCUT2D eigenvalue weighted by molar-refractivity contribution is 6.33. The maximum atomic E-state index is 13.5. The molecular weight excluding hydrogens is 513 g/mol. The molecule has 1 aliphatic heterocycles. The van der Waals surface area contributed by atoms with E-state index in [1.165, 1.54) is 11.9 Å². The summed E-state index contributed by atoms with van der Waals surface area (Å²) in [5.74, 6) is -0.723. The first-order valence-corrected chi connectivity index (χ1v) is 12.3. The molecule has 0 spiro atoms. The monoisotopic (exact) mass is 535 g/mol. The number of halogens is 2. The molecule has 0 atom stereocenters. The van der Waals surface area contributed by atoms with E-state index in [0.717, 1.165) is 10.5 Å². The summed E-state index contributed by atoms with van der Waals surface area (Å²) in [4.78, 5) is 46.0. The third kappa shape index (κ3) is 4.28. The normalized spacial score (nSPS) is 14.2. The van der Waals surface area contributed by atoms with Gasteiger partial charge in [-0.15, -0.1) is 0 Å². The Morgan fingerprint density at radius 3 is 2.27 bits per heavy atom. The number of Topliss-reactive ketones (excluding diaryl/α,β-unsaturated/α-hetero) is 1. The second-order valence-electron chi connectivity index (χ2n) is 9.90. The van der Waals surface area contributed by atoms with Crippen LogP contribution in [0.2, 0.25) is 10.0 Å². The van der Waals surface area contributed by atoms with Crippen LogP contribution in [0.5, 0.6) is 0 Å². The number of carbonyl (C=O) groups excluding carboxylic acids is 3. The van der Waals surface area contributed by atoms with E-state index < -0.39 is 11.4 Å². The van der Waals surface area contributed by atoms with E-state index in [4.69, 9.17) is 32.6 Å². The number of amides is 3. The average molecular weight is 536 g/mol. The van der Waals surface area contributed by atoms with Gasteiger partial charge in [-0.3, -0.25) is 19.4 Å². The minimum atomic E-state index is -0.814. The molecule has 3 heterocycles. The van der Waals surface area contributed by atoms with Gasteiger partial charge in [-0.25, -0.2) is 9.78 Å². The van der Waals surface area contributed by atoms with Crippen LogP contribution >= 0.6 is 23.2 Å². The molecule has 188 valence electrons. The van der Waals surface area contributed by atoms with Crippen molar-refractivity contribution in [3.8, 4) is 22.4 Å². The van der Waals surface area contributed by atoms with E-state index in [9.17, 15) is 14.4 Å². The average Bonchev–Trinajstić information content (AvgIpc) is 3.34. The van der Waals surface area contributed by atoms with Crippen molar-refractivity contribution in [3.63, 3.8) is 0 Å². The molecule has 9 heteroatoms. The van der Waals surface area contributed by atoms with Gasteiger partial charge in [0.15, 0.2) is 5.76 Å². The van der Waals surface area contributed by atoms with Gasteiger partial charge in [0.25, 0.3) is 0 Å². The van der Waals surface area contributed by atoms with Gasteiger partial charge in [0.05, 0.1) is 11.1 Å². The van der Waals surface area contributed by atoms with Crippen LogP contribution in [0.15, 0.2) is 59.0 Å². The quantitative estimate of drug-likeness (QED) is 0.205. The van der Waals surface area contributed by atoms with E-state index in [1.54, 1.807) is 39.0 Å². The predicted molar refractivity (Wildman–Crippen MR) is 144 cm³/mol. The molecule has 2 aromatic carbocycles. The van der Waals surface area contributed by atoms with Crippen LogP contribution in [-0.4, -0.2) is 41.2 Å².